The van der Waals surface area contributed by atoms with E-state index >= 15 is 0 Å². The molecule has 1 fully saturated rings. The standard InChI is InChI=1S/C10H13N2O.3CH3.Sn/c1-2-6-11-10(3-1)12-9-4-7-13-8-5-9;;;;/h2-3,6,9H,4-5,7-8H2,(H,11,12);3*1H3;. The van der Waals surface area contributed by atoms with Crippen LogP contribution in [-0.2, 0) is 4.74 Å². The number of hydrogen-bond acceptors (Lipinski definition) is 3. The SMILES string of the molecule is [CH3][Sn]([CH3])([CH3])[c]1ccnc(NC2CCOCC2)c1. The molecule has 2 rings (SSSR count). The summed E-state index contributed by atoms with van der Waals surface area (Å²) in [6.45, 7) is 1.74. The van der Waals surface area contributed by atoms with E-state index in [0.717, 1.165) is 31.9 Å². The summed E-state index contributed by atoms with van der Waals surface area (Å²) in [5, 5.41) is 3.54. The summed E-state index contributed by atoms with van der Waals surface area (Å²) in [5.41, 5.74) is 0. The molecule has 0 unspecified atom stereocenters. The number of pyridine rings is 1. The molecule has 4 heteroatoms. The van der Waals surface area contributed by atoms with Gasteiger partial charge in [0, 0.05) is 0 Å². The molecule has 17 heavy (non-hydrogen) atoms. The van der Waals surface area contributed by atoms with Crippen molar-refractivity contribution in [1.82, 2.24) is 4.98 Å². The Kier molecular flexibility index (Phi) is 4.31. The molecule has 1 saturated heterocycles. The molecule has 0 bridgehead atoms. The zero-order valence-corrected chi connectivity index (χ0v) is 13.8. The molecule has 1 aliphatic heterocycles. The molecule has 0 amide bonds. The first-order valence-corrected chi connectivity index (χ1v) is 16.4. The molecule has 0 aliphatic carbocycles. The van der Waals surface area contributed by atoms with Crippen LogP contribution in [0, 0.1) is 0 Å². The summed E-state index contributed by atoms with van der Waals surface area (Å²) in [5.74, 6) is 1.04. The minimum absolute atomic E-state index is 0.529. The third-order valence-electron chi connectivity index (χ3n) is 3.20. The van der Waals surface area contributed by atoms with Crippen LogP contribution in [0.5, 0.6) is 0 Å². The first-order chi connectivity index (χ1) is 8.05. The van der Waals surface area contributed by atoms with Crippen molar-refractivity contribution < 1.29 is 4.74 Å². The topological polar surface area (TPSA) is 34.2 Å². The van der Waals surface area contributed by atoms with Crippen LogP contribution in [0.25, 0.3) is 0 Å². The van der Waals surface area contributed by atoms with Gasteiger partial charge in [0.05, 0.1) is 0 Å². The molecule has 0 spiro atoms. The van der Waals surface area contributed by atoms with E-state index in [0.29, 0.717) is 6.04 Å². The minimum atomic E-state index is -1.96. The van der Waals surface area contributed by atoms with Gasteiger partial charge in [-0.1, -0.05) is 0 Å². The summed E-state index contributed by atoms with van der Waals surface area (Å²) >= 11 is -1.96. The van der Waals surface area contributed by atoms with Gasteiger partial charge in [0.25, 0.3) is 0 Å². The van der Waals surface area contributed by atoms with Crippen LogP contribution in [0.15, 0.2) is 18.3 Å². The van der Waals surface area contributed by atoms with E-state index in [2.05, 4.69) is 37.3 Å². The average Bonchev–Trinajstić information content (AvgIpc) is 2.29. The molecule has 1 aromatic heterocycles. The second-order valence-corrected chi connectivity index (χ2v) is 20.2. The van der Waals surface area contributed by atoms with Gasteiger partial charge < -0.3 is 0 Å². The second kappa shape index (κ2) is 5.57. The van der Waals surface area contributed by atoms with Crippen molar-refractivity contribution in [2.45, 2.75) is 33.7 Å². The van der Waals surface area contributed by atoms with Gasteiger partial charge in [0.2, 0.25) is 0 Å². The molecule has 1 N–H and O–H groups in total. The normalized spacial score (nSPS) is 18.1. The maximum atomic E-state index is 5.37. The summed E-state index contributed by atoms with van der Waals surface area (Å²) in [6, 6.07) is 4.97. The Morgan fingerprint density at radius 2 is 2.00 bits per heavy atom. The molecule has 2 heterocycles. The fraction of sp³-hybridized carbons (Fsp3) is 0.615. The molecular formula is C13H22N2OSn. The van der Waals surface area contributed by atoms with Crippen LogP contribution in [-0.4, -0.2) is 42.6 Å². The van der Waals surface area contributed by atoms with Gasteiger partial charge in [-0.15, -0.1) is 0 Å². The fourth-order valence-electron chi connectivity index (χ4n) is 2.03. The number of ether oxygens (including phenoxy) is 1. The summed E-state index contributed by atoms with van der Waals surface area (Å²) in [4.78, 5) is 11.7. The van der Waals surface area contributed by atoms with E-state index in [9.17, 15) is 0 Å². The summed E-state index contributed by atoms with van der Waals surface area (Å²) in [6.07, 6.45) is 4.12. The molecule has 1 aliphatic rings. The fourth-order valence-corrected chi connectivity index (χ4v) is 5.29. The van der Waals surface area contributed by atoms with Crippen molar-refractivity contribution in [2.75, 3.05) is 18.5 Å². The van der Waals surface area contributed by atoms with Crippen molar-refractivity contribution >= 4 is 27.8 Å². The Balaban J connectivity index is 2.05. The first kappa shape index (κ1) is 13.1. The van der Waals surface area contributed by atoms with Crippen molar-refractivity contribution in [2.24, 2.45) is 0 Å². The van der Waals surface area contributed by atoms with Crippen LogP contribution >= 0.6 is 0 Å². The Morgan fingerprint density at radius 3 is 2.65 bits per heavy atom. The third kappa shape index (κ3) is 3.85. The van der Waals surface area contributed by atoms with Gasteiger partial charge >= 0.3 is 108 Å². The Bertz CT molecular complexity index is 370. The summed E-state index contributed by atoms with van der Waals surface area (Å²) < 4.78 is 6.90. The van der Waals surface area contributed by atoms with E-state index in [4.69, 9.17) is 4.74 Å². The Morgan fingerprint density at radius 1 is 1.29 bits per heavy atom. The second-order valence-electron chi connectivity index (χ2n) is 5.71. The number of rotatable bonds is 3. The van der Waals surface area contributed by atoms with Crippen LogP contribution < -0.4 is 8.90 Å². The number of nitrogens with zero attached hydrogens (tertiary/aromatic N) is 1. The van der Waals surface area contributed by atoms with Crippen LogP contribution in [0.1, 0.15) is 12.8 Å². The number of aromatic nitrogens is 1. The van der Waals surface area contributed by atoms with E-state index in [1.165, 1.54) is 3.58 Å². The zero-order valence-electron chi connectivity index (χ0n) is 11.0. The molecular weight excluding hydrogens is 319 g/mol. The third-order valence-corrected chi connectivity index (χ3v) is 9.03. The van der Waals surface area contributed by atoms with Gasteiger partial charge in [-0.3, -0.25) is 0 Å². The first-order valence-electron chi connectivity index (χ1n) is 6.36. The van der Waals surface area contributed by atoms with E-state index in [1.807, 2.05) is 6.20 Å². The molecule has 0 atom stereocenters. The van der Waals surface area contributed by atoms with Gasteiger partial charge in [-0.25, -0.2) is 0 Å². The molecule has 1 aromatic rings. The van der Waals surface area contributed by atoms with E-state index in [1.54, 1.807) is 0 Å². The molecule has 94 valence electrons. The molecule has 0 radical (unpaired) electrons. The predicted octanol–water partition coefficient (Wildman–Crippen LogP) is 2.22. The van der Waals surface area contributed by atoms with Gasteiger partial charge in [0.15, 0.2) is 0 Å². The van der Waals surface area contributed by atoms with Crippen LogP contribution in [0.3, 0.4) is 0 Å². The van der Waals surface area contributed by atoms with Crippen LogP contribution in [0.4, 0.5) is 5.82 Å². The number of anilines is 1. The van der Waals surface area contributed by atoms with Crippen molar-refractivity contribution in [1.29, 1.82) is 0 Å². The predicted molar refractivity (Wildman–Crippen MR) is 74.7 cm³/mol. The Labute approximate surface area is 108 Å². The van der Waals surface area contributed by atoms with Gasteiger partial charge in [-0.2, -0.15) is 0 Å². The van der Waals surface area contributed by atoms with Crippen molar-refractivity contribution in [3.8, 4) is 0 Å². The van der Waals surface area contributed by atoms with Gasteiger partial charge in [-0.05, 0) is 0 Å². The molecule has 0 aromatic carbocycles. The molecule has 3 nitrogen and oxygen atoms in total. The molecule has 0 saturated carbocycles. The monoisotopic (exact) mass is 342 g/mol. The average molecular weight is 341 g/mol. The Hall–Kier alpha value is -0.291. The van der Waals surface area contributed by atoms with E-state index in [-0.39, 0.29) is 0 Å². The summed E-state index contributed by atoms with van der Waals surface area (Å²) in [7, 11) is 0. The number of hydrogen-bond donors (Lipinski definition) is 1. The number of nitrogens with one attached hydrogen (secondary N) is 1. The zero-order chi connectivity index (χ0) is 12.3. The van der Waals surface area contributed by atoms with Gasteiger partial charge in [0.1, 0.15) is 0 Å². The maximum absolute atomic E-state index is 5.37. The van der Waals surface area contributed by atoms with E-state index < -0.39 is 18.4 Å². The quantitative estimate of drug-likeness (QED) is 0.857. The van der Waals surface area contributed by atoms with Crippen molar-refractivity contribution in [3.63, 3.8) is 0 Å². The van der Waals surface area contributed by atoms with Crippen LogP contribution in [0.2, 0.25) is 14.8 Å². The van der Waals surface area contributed by atoms with Crippen molar-refractivity contribution in [3.05, 3.63) is 18.3 Å².